The maximum absolute atomic E-state index is 9.88. The monoisotopic (exact) mass is 164 g/mol. The van der Waals surface area contributed by atoms with Crippen molar-refractivity contribution in [3.63, 3.8) is 0 Å². The topological polar surface area (TPSA) is 63.6 Å². The number of terminal acetylenes is 1. The first kappa shape index (κ1) is 9.43. The van der Waals surface area contributed by atoms with Crippen LogP contribution < -0.4 is 0 Å². The van der Waals surface area contributed by atoms with E-state index in [1.54, 1.807) is 0 Å². The van der Waals surface area contributed by atoms with Crippen molar-refractivity contribution in [2.45, 2.75) is 12.8 Å². The second-order valence-corrected chi connectivity index (χ2v) is 2.65. The lowest BCUT2D eigenvalue weighted by atomic mass is 10.3. The molecule has 0 saturated heterocycles. The van der Waals surface area contributed by atoms with E-state index in [1.165, 1.54) is 0 Å². The molecule has 10 heavy (non-hydrogen) atoms. The van der Waals surface area contributed by atoms with Gasteiger partial charge in [-0.1, -0.05) is 0 Å². The fourth-order valence-electron chi connectivity index (χ4n) is 0.338. The molecule has 0 aromatic carbocycles. The molecule has 0 fully saturated rings. The van der Waals surface area contributed by atoms with Gasteiger partial charge in [-0.05, 0) is 6.42 Å². The molecule has 1 N–H and O–H groups in total. The van der Waals surface area contributed by atoms with Crippen molar-refractivity contribution in [2.75, 3.05) is 6.61 Å². The summed E-state index contributed by atoms with van der Waals surface area (Å²) < 4.78 is 31.7. The van der Waals surface area contributed by atoms with Gasteiger partial charge < -0.3 is 0 Å². The lowest BCUT2D eigenvalue weighted by Gasteiger charge is -1.94. The molecule has 0 rings (SSSR count). The van der Waals surface area contributed by atoms with Crippen molar-refractivity contribution < 1.29 is 17.2 Å². The van der Waals surface area contributed by atoms with Gasteiger partial charge in [0.2, 0.25) is 0 Å². The standard InChI is InChI=1S/C5H8O4S/c1-2-3-4-5-9-10(6,7)8/h1H,3-5H2,(H,6,7,8). The molecule has 0 aromatic heterocycles. The van der Waals surface area contributed by atoms with E-state index in [2.05, 4.69) is 10.1 Å². The summed E-state index contributed by atoms with van der Waals surface area (Å²) in [4.78, 5) is 0. The third-order valence-electron chi connectivity index (χ3n) is 0.698. The van der Waals surface area contributed by atoms with Crippen LogP contribution in [-0.4, -0.2) is 19.6 Å². The van der Waals surface area contributed by atoms with Crippen molar-refractivity contribution in [1.29, 1.82) is 0 Å². The maximum Gasteiger partial charge on any atom is 0.397 e. The van der Waals surface area contributed by atoms with E-state index in [-0.39, 0.29) is 6.61 Å². The fourth-order valence-corrected chi connectivity index (χ4v) is 0.667. The van der Waals surface area contributed by atoms with Crippen LogP contribution in [0.1, 0.15) is 12.8 Å². The minimum absolute atomic E-state index is 0.0664. The molecule has 0 aliphatic rings. The zero-order valence-corrected chi connectivity index (χ0v) is 6.10. The van der Waals surface area contributed by atoms with Gasteiger partial charge in [0.25, 0.3) is 0 Å². The van der Waals surface area contributed by atoms with Gasteiger partial charge in [0.05, 0.1) is 6.61 Å². The number of unbranched alkanes of at least 4 members (excludes halogenated alkanes) is 1. The van der Waals surface area contributed by atoms with Crippen LogP contribution in [0.3, 0.4) is 0 Å². The lowest BCUT2D eigenvalue weighted by Crippen LogP contribution is -2.04. The highest BCUT2D eigenvalue weighted by molar-refractivity contribution is 7.80. The SMILES string of the molecule is C#CCCCOS(=O)(=O)O. The summed E-state index contributed by atoms with van der Waals surface area (Å²) in [5, 5.41) is 0. The van der Waals surface area contributed by atoms with Gasteiger partial charge in [-0.3, -0.25) is 4.55 Å². The van der Waals surface area contributed by atoms with Crippen LogP contribution in [-0.2, 0) is 14.6 Å². The first-order chi connectivity index (χ1) is 4.56. The Morgan fingerprint density at radius 1 is 1.60 bits per heavy atom. The zero-order valence-electron chi connectivity index (χ0n) is 5.28. The lowest BCUT2D eigenvalue weighted by molar-refractivity contribution is 0.266. The van der Waals surface area contributed by atoms with Crippen LogP contribution in [0.2, 0.25) is 0 Å². The van der Waals surface area contributed by atoms with Crippen molar-refractivity contribution in [3.8, 4) is 12.3 Å². The van der Waals surface area contributed by atoms with Crippen LogP contribution in [0.25, 0.3) is 0 Å². The molecular weight excluding hydrogens is 156 g/mol. The average Bonchev–Trinajstić information content (AvgIpc) is 1.78. The zero-order chi connectivity index (χ0) is 8.04. The molecule has 0 aliphatic heterocycles. The van der Waals surface area contributed by atoms with E-state index < -0.39 is 10.4 Å². The van der Waals surface area contributed by atoms with Gasteiger partial charge in [-0.2, -0.15) is 8.42 Å². The molecule has 0 aliphatic carbocycles. The quantitative estimate of drug-likeness (QED) is 0.366. The van der Waals surface area contributed by atoms with Crippen molar-refractivity contribution >= 4 is 10.4 Å². The minimum atomic E-state index is -4.27. The fraction of sp³-hybridized carbons (Fsp3) is 0.600. The molecule has 4 nitrogen and oxygen atoms in total. The van der Waals surface area contributed by atoms with Crippen LogP contribution in [0.15, 0.2) is 0 Å². The van der Waals surface area contributed by atoms with Crippen LogP contribution in [0.5, 0.6) is 0 Å². The van der Waals surface area contributed by atoms with Crippen molar-refractivity contribution in [1.82, 2.24) is 0 Å². The molecule has 0 unspecified atom stereocenters. The number of rotatable bonds is 4. The van der Waals surface area contributed by atoms with Crippen LogP contribution >= 0.6 is 0 Å². The highest BCUT2D eigenvalue weighted by Gasteiger charge is 2.01. The van der Waals surface area contributed by atoms with Crippen LogP contribution in [0.4, 0.5) is 0 Å². The molecule has 5 heteroatoms. The molecule has 0 heterocycles. The largest absolute Gasteiger partial charge is 0.397 e. The third kappa shape index (κ3) is 7.43. The van der Waals surface area contributed by atoms with Gasteiger partial charge in [0, 0.05) is 6.42 Å². The highest BCUT2D eigenvalue weighted by atomic mass is 32.3. The summed E-state index contributed by atoms with van der Waals surface area (Å²) in [6, 6.07) is 0. The molecule has 0 aromatic rings. The Kier molecular flexibility index (Phi) is 4.03. The van der Waals surface area contributed by atoms with E-state index in [0.717, 1.165) is 0 Å². The van der Waals surface area contributed by atoms with E-state index in [9.17, 15) is 8.42 Å². The van der Waals surface area contributed by atoms with E-state index in [0.29, 0.717) is 12.8 Å². The van der Waals surface area contributed by atoms with E-state index >= 15 is 0 Å². The summed E-state index contributed by atoms with van der Waals surface area (Å²) in [5.41, 5.74) is 0. The predicted octanol–water partition coefficient (Wildman–Crippen LogP) is 0.219. The van der Waals surface area contributed by atoms with Gasteiger partial charge in [-0.25, -0.2) is 4.18 Å². The molecule has 0 atom stereocenters. The minimum Gasteiger partial charge on any atom is -0.264 e. The Balaban J connectivity index is 3.32. The second-order valence-electron chi connectivity index (χ2n) is 1.56. The summed E-state index contributed by atoms with van der Waals surface area (Å²) >= 11 is 0. The molecule has 0 bridgehead atoms. The summed E-state index contributed by atoms with van der Waals surface area (Å²) in [7, 11) is -4.27. The summed E-state index contributed by atoms with van der Waals surface area (Å²) in [6.07, 6.45) is 5.73. The third-order valence-corrected chi connectivity index (χ3v) is 1.16. The molecule has 0 amide bonds. The van der Waals surface area contributed by atoms with E-state index in [4.69, 9.17) is 11.0 Å². The molecule has 0 saturated carbocycles. The van der Waals surface area contributed by atoms with Gasteiger partial charge in [0.15, 0.2) is 0 Å². The van der Waals surface area contributed by atoms with Crippen molar-refractivity contribution in [3.05, 3.63) is 0 Å². The smallest absolute Gasteiger partial charge is 0.264 e. The average molecular weight is 164 g/mol. The second kappa shape index (κ2) is 4.28. The maximum atomic E-state index is 9.88. The van der Waals surface area contributed by atoms with Gasteiger partial charge in [0.1, 0.15) is 0 Å². The summed E-state index contributed by atoms with van der Waals surface area (Å²) in [6.45, 7) is -0.0664. The number of hydrogen-bond donors (Lipinski definition) is 1. The first-order valence-corrected chi connectivity index (χ1v) is 3.98. The Hall–Kier alpha value is -0.570. The molecular formula is C5H8O4S. The normalized spacial score (nSPS) is 10.8. The van der Waals surface area contributed by atoms with Gasteiger partial charge >= 0.3 is 10.4 Å². The Labute approximate surface area is 60.1 Å². The Bertz CT molecular complexity index is 210. The highest BCUT2D eigenvalue weighted by Crippen LogP contribution is 1.91. The molecule has 0 radical (unpaired) electrons. The molecule has 58 valence electrons. The summed E-state index contributed by atoms with van der Waals surface area (Å²) in [5.74, 6) is 2.30. The Morgan fingerprint density at radius 3 is 2.60 bits per heavy atom. The number of hydrogen-bond acceptors (Lipinski definition) is 3. The molecule has 0 spiro atoms. The predicted molar refractivity (Wildman–Crippen MR) is 35.6 cm³/mol. The first-order valence-electron chi connectivity index (χ1n) is 2.61. The van der Waals surface area contributed by atoms with Crippen molar-refractivity contribution in [2.24, 2.45) is 0 Å². The van der Waals surface area contributed by atoms with E-state index in [1.807, 2.05) is 0 Å². The van der Waals surface area contributed by atoms with Gasteiger partial charge in [-0.15, -0.1) is 12.3 Å². The Morgan fingerprint density at radius 2 is 2.20 bits per heavy atom. The van der Waals surface area contributed by atoms with Crippen LogP contribution in [0, 0.1) is 12.3 Å².